The first kappa shape index (κ1) is 9.72. The highest BCUT2D eigenvalue weighted by atomic mass is 14.9. The SMILES string of the molecule is CCCC1CNCC1c1ccccc1. The molecule has 1 aliphatic heterocycles. The molecule has 0 bridgehead atoms. The molecule has 0 aromatic heterocycles. The minimum Gasteiger partial charge on any atom is -0.316 e. The van der Waals surface area contributed by atoms with Gasteiger partial charge in [0, 0.05) is 12.5 Å². The lowest BCUT2D eigenvalue weighted by Gasteiger charge is -2.17. The standard InChI is InChI=1S/C13H19N/c1-2-6-12-9-14-10-13(12)11-7-4-3-5-8-11/h3-5,7-8,12-14H,2,6,9-10H2,1H3. The van der Waals surface area contributed by atoms with Crippen molar-refractivity contribution in [2.75, 3.05) is 13.1 Å². The molecule has 1 aliphatic rings. The Hall–Kier alpha value is -0.820. The molecule has 0 aliphatic carbocycles. The predicted octanol–water partition coefficient (Wildman–Crippen LogP) is 2.79. The van der Waals surface area contributed by atoms with E-state index in [1.165, 1.54) is 24.9 Å². The second kappa shape index (κ2) is 4.61. The van der Waals surface area contributed by atoms with Gasteiger partial charge in [-0.2, -0.15) is 0 Å². The third-order valence-corrected chi connectivity index (χ3v) is 3.23. The van der Waals surface area contributed by atoms with Crippen LogP contribution in [0.2, 0.25) is 0 Å². The van der Waals surface area contributed by atoms with Crippen molar-refractivity contribution in [2.45, 2.75) is 25.7 Å². The molecule has 0 amide bonds. The molecule has 2 unspecified atom stereocenters. The number of hydrogen-bond acceptors (Lipinski definition) is 1. The minimum absolute atomic E-state index is 0.746. The Kier molecular flexibility index (Phi) is 3.20. The Labute approximate surface area is 86.5 Å². The van der Waals surface area contributed by atoms with Crippen LogP contribution in [0.3, 0.4) is 0 Å². The van der Waals surface area contributed by atoms with Gasteiger partial charge in [0.25, 0.3) is 0 Å². The van der Waals surface area contributed by atoms with Crippen molar-refractivity contribution < 1.29 is 0 Å². The summed E-state index contributed by atoms with van der Waals surface area (Å²) in [6.45, 7) is 4.64. The molecule has 1 fully saturated rings. The average Bonchev–Trinajstić information content (AvgIpc) is 2.68. The maximum Gasteiger partial charge on any atom is 0.00234 e. The summed E-state index contributed by atoms with van der Waals surface area (Å²) in [7, 11) is 0. The third-order valence-electron chi connectivity index (χ3n) is 3.23. The first-order chi connectivity index (χ1) is 6.92. The zero-order chi connectivity index (χ0) is 9.80. The van der Waals surface area contributed by atoms with Crippen molar-refractivity contribution in [2.24, 2.45) is 5.92 Å². The van der Waals surface area contributed by atoms with Crippen molar-refractivity contribution >= 4 is 0 Å². The van der Waals surface area contributed by atoms with E-state index in [9.17, 15) is 0 Å². The largest absolute Gasteiger partial charge is 0.316 e. The molecule has 0 radical (unpaired) electrons. The van der Waals surface area contributed by atoms with Gasteiger partial charge in [-0.05, 0) is 24.4 Å². The van der Waals surface area contributed by atoms with Gasteiger partial charge in [0.2, 0.25) is 0 Å². The van der Waals surface area contributed by atoms with E-state index in [0.717, 1.165) is 18.4 Å². The van der Waals surface area contributed by atoms with Gasteiger partial charge < -0.3 is 5.32 Å². The smallest absolute Gasteiger partial charge is 0.00234 e. The molecular formula is C13H19N. The summed E-state index contributed by atoms with van der Waals surface area (Å²) in [6, 6.07) is 10.9. The summed E-state index contributed by atoms with van der Waals surface area (Å²) in [4.78, 5) is 0. The van der Waals surface area contributed by atoms with Crippen molar-refractivity contribution in [1.29, 1.82) is 0 Å². The van der Waals surface area contributed by atoms with Crippen LogP contribution in [-0.2, 0) is 0 Å². The molecule has 76 valence electrons. The van der Waals surface area contributed by atoms with Crippen LogP contribution >= 0.6 is 0 Å². The van der Waals surface area contributed by atoms with E-state index in [1.807, 2.05) is 0 Å². The van der Waals surface area contributed by atoms with Crippen LogP contribution in [0.5, 0.6) is 0 Å². The van der Waals surface area contributed by atoms with Gasteiger partial charge in [-0.3, -0.25) is 0 Å². The van der Waals surface area contributed by atoms with Crippen LogP contribution in [0.4, 0.5) is 0 Å². The lowest BCUT2D eigenvalue weighted by molar-refractivity contribution is 0.474. The minimum atomic E-state index is 0.746. The van der Waals surface area contributed by atoms with E-state index in [0.29, 0.717) is 0 Å². The molecule has 1 aromatic rings. The second-order valence-corrected chi connectivity index (χ2v) is 4.22. The molecule has 2 atom stereocenters. The Bertz CT molecular complexity index is 268. The third kappa shape index (κ3) is 1.98. The van der Waals surface area contributed by atoms with Gasteiger partial charge in [-0.1, -0.05) is 43.7 Å². The zero-order valence-corrected chi connectivity index (χ0v) is 8.87. The van der Waals surface area contributed by atoms with Crippen molar-refractivity contribution in [3.8, 4) is 0 Å². The number of hydrogen-bond donors (Lipinski definition) is 1. The summed E-state index contributed by atoms with van der Waals surface area (Å²) < 4.78 is 0. The summed E-state index contributed by atoms with van der Waals surface area (Å²) in [6.07, 6.45) is 2.66. The maximum absolute atomic E-state index is 3.51. The molecule has 1 nitrogen and oxygen atoms in total. The lowest BCUT2D eigenvalue weighted by atomic mass is 9.86. The van der Waals surface area contributed by atoms with E-state index >= 15 is 0 Å². The molecule has 14 heavy (non-hydrogen) atoms. The molecular weight excluding hydrogens is 170 g/mol. The molecule has 0 spiro atoms. The van der Waals surface area contributed by atoms with Gasteiger partial charge in [0.15, 0.2) is 0 Å². The predicted molar refractivity (Wildman–Crippen MR) is 60.5 cm³/mol. The maximum atomic E-state index is 3.51. The Morgan fingerprint density at radius 1 is 1.21 bits per heavy atom. The van der Waals surface area contributed by atoms with E-state index in [1.54, 1.807) is 0 Å². The topological polar surface area (TPSA) is 12.0 Å². The number of nitrogens with one attached hydrogen (secondary N) is 1. The van der Waals surface area contributed by atoms with Crippen molar-refractivity contribution in [3.05, 3.63) is 35.9 Å². The van der Waals surface area contributed by atoms with Crippen LogP contribution in [-0.4, -0.2) is 13.1 Å². The van der Waals surface area contributed by atoms with E-state index in [2.05, 4.69) is 42.6 Å². The fraction of sp³-hybridized carbons (Fsp3) is 0.538. The Morgan fingerprint density at radius 3 is 2.71 bits per heavy atom. The normalized spacial score (nSPS) is 26.6. The quantitative estimate of drug-likeness (QED) is 0.771. The van der Waals surface area contributed by atoms with Gasteiger partial charge in [0.1, 0.15) is 0 Å². The van der Waals surface area contributed by atoms with Crippen LogP contribution in [0.15, 0.2) is 30.3 Å². The Morgan fingerprint density at radius 2 is 2.00 bits per heavy atom. The highest BCUT2D eigenvalue weighted by Gasteiger charge is 2.26. The van der Waals surface area contributed by atoms with E-state index < -0.39 is 0 Å². The second-order valence-electron chi connectivity index (χ2n) is 4.22. The van der Waals surface area contributed by atoms with Crippen molar-refractivity contribution in [1.82, 2.24) is 5.32 Å². The molecule has 1 heteroatoms. The summed E-state index contributed by atoms with van der Waals surface area (Å²) in [5.74, 6) is 1.60. The fourth-order valence-corrected chi connectivity index (χ4v) is 2.50. The van der Waals surface area contributed by atoms with Crippen molar-refractivity contribution in [3.63, 3.8) is 0 Å². The van der Waals surface area contributed by atoms with Crippen LogP contribution in [0, 0.1) is 5.92 Å². The fourth-order valence-electron chi connectivity index (χ4n) is 2.50. The first-order valence-corrected chi connectivity index (χ1v) is 5.67. The molecule has 1 saturated heterocycles. The Balaban J connectivity index is 2.10. The lowest BCUT2D eigenvalue weighted by Crippen LogP contribution is -2.10. The molecule has 1 N–H and O–H groups in total. The van der Waals surface area contributed by atoms with E-state index in [-0.39, 0.29) is 0 Å². The molecule has 0 saturated carbocycles. The number of rotatable bonds is 3. The van der Waals surface area contributed by atoms with E-state index in [4.69, 9.17) is 0 Å². The molecule has 2 rings (SSSR count). The average molecular weight is 189 g/mol. The zero-order valence-electron chi connectivity index (χ0n) is 8.87. The summed E-state index contributed by atoms with van der Waals surface area (Å²) in [5, 5.41) is 3.51. The number of benzene rings is 1. The van der Waals surface area contributed by atoms with Crippen LogP contribution < -0.4 is 5.32 Å². The van der Waals surface area contributed by atoms with Gasteiger partial charge >= 0.3 is 0 Å². The van der Waals surface area contributed by atoms with Gasteiger partial charge in [-0.25, -0.2) is 0 Å². The van der Waals surface area contributed by atoms with Crippen LogP contribution in [0.25, 0.3) is 0 Å². The summed E-state index contributed by atoms with van der Waals surface area (Å²) in [5.41, 5.74) is 1.51. The van der Waals surface area contributed by atoms with Gasteiger partial charge in [-0.15, -0.1) is 0 Å². The van der Waals surface area contributed by atoms with Gasteiger partial charge in [0.05, 0.1) is 0 Å². The highest BCUT2D eigenvalue weighted by Crippen LogP contribution is 2.30. The molecule has 1 heterocycles. The first-order valence-electron chi connectivity index (χ1n) is 5.67. The van der Waals surface area contributed by atoms with Crippen LogP contribution in [0.1, 0.15) is 31.2 Å². The summed E-state index contributed by atoms with van der Waals surface area (Å²) >= 11 is 0. The highest BCUT2D eigenvalue weighted by molar-refractivity contribution is 5.22. The molecule has 1 aromatic carbocycles. The monoisotopic (exact) mass is 189 g/mol.